The smallest absolute Gasteiger partial charge is 0.265 e. The Morgan fingerprint density at radius 3 is 2.73 bits per heavy atom. The maximum Gasteiger partial charge on any atom is 0.265 e. The second-order valence-electron chi connectivity index (χ2n) is 7.02. The van der Waals surface area contributed by atoms with Crippen LogP contribution in [0.4, 0.5) is 0 Å². The summed E-state index contributed by atoms with van der Waals surface area (Å²) in [5.41, 5.74) is 2.92. The largest absolute Gasteiger partial charge is 0.497 e. The van der Waals surface area contributed by atoms with Gasteiger partial charge in [0.1, 0.15) is 10.6 Å². The van der Waals surface area contributed by atoms with E-state index in [1.807, 2.05) is 46.7 Å². The number of imidazole rings is 1. The van der Waals surface area contributed by atoms with E-state index in [9.17, 15) is 4.79 Å². The maximum absolute atomic E-state index is 12.9. The first-order valence-electron chi connectivity index (χ1n) is 8.99. The van der Waals surface area contributed by atoms with Crippen molar-refractivity contribution < 1.29 is 9.53 Å². The van der Waals surface area contributed by atoms with E-state index in [1.165, 1.54) is 17.8 Å². The normalized spacial score (nSPS) is 17.7. The summed E-state index contributed by atoms with van der Waals surface area (Å²) < 4.78 is 7.24. The van der Waals surface area contributed by atoms with E-state index in [4.69, 9.17) is 9.72 Å². The molecule has 1 aliphatic rings. The number of likely N-dealkylation sites (tertiary alicyclic amines) is 1. The number of benzene rings is 1. The fourth-order valence-corrected chi connectivity index (χ4v) is 4.64. The molecule has 0 aliphatic carbocycles. The van der Waals surface area contributed by atoms with Gasteiger partial charge in [0.15, 0.2) is 4.96 Å². The Morgan fingerprint density at radius 2 is 2.08 bits per heavy atom. The SMILES string of the molecule is COc1ccc(-c2cn3c(C)c(C(=O)N4CCCC(C)C4)sc3n2)cc1. The van der Waals surface area contributed by atoms with Crippen LogP contribution in [0.15, 0.2) is 30.5 Å². The molecule has 2 aromatic heterocycles. The topological polar surface area (TPSA) is 46.8 Å². The summed E-state index contributed by atoms with van der Waals surface area (Å²) in [6, 6.07) is 7.87. The Kier molecular flexibility index (Phi) is 4.44. The van der Waals surface area contributed by atoms with E-state index < -0.39 is 0 Å². The predicted octanol–water partition coefficient (Wildman–Crippen LogP) is 4.25. The van der Waals surface area contributed by atoms with Gasteiger partial charge in [0.25, 0.3) is 5.91 Å². The number of hydrogen-bond acceptors (Lipinski definition) is 4. The second kappa shape index (κ2) is 6.76. The molecule has 4 rings (SSSR count). The quantitative estimate of drug-likeness (QED) is 0.693. The molecular formula is C20H23N3O2S. The van der Waals surface area contributed by atoms with Crippen LogP contribution in [0.5, 0.6) is 5.75 Å². The number of aryl methyl sites for hydroxylation is 1. The van der Waals surface area contributed by atoms with Gasteiger partial charge >= 0.3 is 0 Å². The minimum absolute atomic E-state index is 0.149. The molecule has 1 amide bonds. The molecule has 3 heterocycles. The number of nitrogens with zero attached hydrogens (tertiary/aromatic N) is 3. The molecule has 26 heavy (non-hydrogen) atoms. The molecule has 6 heteroatoms. The predicted molar refractivity (Wildman–Crippen MR) is 104 cm³/mol. The molecule has 0 radical (unpaired) electrons. The Balaban J connectivity index is 1.63. The third-order valence-corrected chi connectivity index (χ3v) is 6.23. The van der Waals surface area contributed by atoms with Gasteiger partial charge in [-0.3, -0.25) is 9.20 Å². The van der Waals surface area contributed by atoms with Crippen LogP contribution in [-0.2, 0) is 0 Å². The van der Waals surface area contributed by atoms with Crippen molar-refractivity contribution in [2.45, 2.75) is 26.7 Å². The van der Waals surface area contributed by atoms with Crippen molar-refractivity contribution in [3.05, 3.63) is 41.0 Å². The lowest BCUT2D eigenvalue weighted by Gasteiger charge is -2.30. The van der Waals surface area contributed by atoms with E-state index in [-0.39, 0.29) is 5.91 Å². The summed E-state index contributed by atoms with van der Waals surface area (Å²) in [6.07, 6.45) is 4.32. The van der Waals surface area contributed by atoms with Crippen molar-refractivity contribution in [3.63, 3.8) is 0 Å². The molecule has 1 aliphatic heterocycles. The minimum Gasteiger partial charge on any atom is -0.497 e. The fourth-order valence-electron chi connectivity index (χ4n) is 3.57. The molecule has 1 aromatic carbocycles. The van der Waals surface area contributed by atoms with Crippen molar-refractivity contribution in [3.8, 4) is 17.0 Å². The first-order chi connectivity index (χ1) is 12.6. The molecule has 3 aromatic rings. The molecule has 1 fully saturated rings. The standard InChI is InChI=1S/C20H23N3O2S/c1-13-5-4-10-22(11-13)19(24)18-14(2)23-12-17(21-20(23)26-18)15-6-8-16(25-3)9-7-15/h6-9,12-13H,4-5,10-11H2,1-3H3. The van der Waals surface area contributed by atoms with Crippen molar-refractivity contribution in [2.75, 3.05) is 20.2 Å². The van der Waals surface area contributed by atoms with Gasteiger partial charge in [-0.05, 0) is 49.9 Å². The summed E-state index contributed by atoms with van der Waals surface area (Å²) in [6.45, 7) is 5.94. The number of thiazole rings is 1. The zero-order chi connectivity index (χ0) is 18.3. The number of methoxy groups -OCH3 is 1. The zero-order valence-corrected chi connectivity index (χ0v) is 16.2. The first-order valence-corrected chi connectivity index (χ1v) is 9.80. The number of amides is 1. The molecule has 0 bridgehead atoms. The highest BCUT2D eigenvalue weighted by atomic mass is 32.1. The van der Waals surface area contributed by atoms with E-state index in [1.54, 1.807) is 7.11 Å². The molecule has 136 valence electrons. The monoisotopic (exact) mass is 369 g/mol. The lowest BCUT2D eigenvalue weighted by molar-refractivity contribution is 0.0687. The van der Waals surface area contributed by atoms with Crippen LogP contribution >= 0.6 is 11.3 Å². The summed E-state index contributed by atoms with van der Waals surface area (Å²) in [7, 11) is 1.66. The molecule has 0 N–H and O–H groups in total. The van der Waals surface area contributed by atoms with Gasteiger partial charge in [0, 0.05) is 30.5 Å². The van der Waals surface area contributed by atoms with Gasteiger partial charge in [0.2, 0.25) is 0 Å². The molecule has 0 spiro atoms. The first kappa shape index (κ1) is 17.1. The van der Waals surface area contributed by atoms with Crippen LogP contribution in [0.3, 0.4) is 0 Å². The van der Waals surface area contributed by atoms with Crippen molar-refractivity contribution in [1.29, 1.82) is 0 Å². The number of fused-ring (bicyclic) bond motifs is 1. The average Bonchev–Trinajstić information content (AvgIpc) is 3.21. The third-order valence-electron chi connectivity index (χ3n) is 5.08. The number of piperidine rings is 1. The second-order valence-corrected chi connectivity index (χ2v) is 8.00. The van der Waals surface area contributed by atoms with E-state index in [0.29, 0.717) is 5.92 Å². The van der Waals surface area contributed by atoms with E-state index >= 15 is 0 Å². The Labute approximate surface area is 157 Å². The molecule has 1 atom stereocenters. The fraction of sp³-hybridized carbons (Fsp3) is 0.400. The minimum atomic E-state index is 0.149. The van der Waals surface area contributed by atoms with Crippen LogP contribution in [-0.4, -0.2) is 40.4 Å². The number of carbonyl (C=O) groups is 1. The van der Waals surface area contributed by atoms with Crippen molar-refractivity contribution in [2.24, 2.45) is 5.92 Å². The van der Waals surface area contributed by atoms with Crippen LogP contribution in [0, 0.1) is 12.8 Å². The van der Waals surface area contributed by atoms with Gasteiger partial charge in [-0.1, -0.05) is 18.3 Å². The Bertz CT molecular complexity index is 942. The highest BCUT2D eigenvalue weighted by Gasteiger charge is 2.26. The summed E-state index contributed by atoms with van der Waals surface area (Å²) in [5.74, 6) is 1.56. The summed E-state index contributed by atoms with van der Waals surface area (Å²) in [4.78, 5) is 21.3. The highest BCUT2D eigenvalue weighted by Crippen LogP contribution is 2.29. The Morgan fingerprint density at radius 1 is 1.31 bits per heavy atom. The van der Waals surface area contributed by atoms with Crippen molar-refractivity contribution in [1.82, 2.24) is 14.3 Å². The van der Waals surface area contributed by atoms with Gasteiger partial charge in [-0.25, -0.2) is 4.98 Å². The van der Waals surface area contributed by atoms with Crippen molar-refractivity contribution >= 4 is 22.2 Å². The lowest BCUT2D eigenvalue weighted by atomic mass is 10.0. The van der Waals surface area contributed by atoms with Crippen LogP contribution < -0.4 is 4.74 Å². The number of hydrogen-bond donors (Lipinski definition) is 0. The molecule has 1 saturated heterocycles. The van der Waals surface area contributed by atoms with Crippen LogP contribution in [0.25, 0.3) is 16.2 Å². The Hall–Kier alpha value is -2.34. The zero-order valence-electron chi connectivity index (χ0n) is 15.4. The van der Waals surface area contributed by atoms with E-state index in [2.05, 4.69) is 6.92 Å². The van der Waals surface area contributed by atoms with Gasteiger partial charge in [0.05, 0.1) is 12.8 Å². The lowest BCUT2D eigenvalue weighted by Crippen LogP contribution is -2.39. The molecular weight excluding hydrogens is 346 g/mol. The highest BCUT2D eigenvalue weighted by molar-refractivity contribution is 7.19. The molecule has 5 nitrogen and oxygen atoms in total. The van der Waals surface area contributed by atoms with Crippen LogP contribution in [0.2, 0.25) is 0 Å². The number of rotatable bonds is 3. The number of carbonyl (C=O) groups excluding carboxylic acids is 1. The average molecular weight is 369 g/mol. The van der Waals surface area contributed by atoms with Crippen LogP contribution in [0.1, 0.15) is 35.1 Å². The van der Waals surface area contributed by atoms with Gasteiger partial charge in [-0.2, -0.15) is 0 Å². The molecule has 1 unspecified atom stereocenters. The number of aromatic nitrogens is 2. The van der Waals surface area contributed by atoms with E-state index in [0.717, 1.165) is 52.0 Å². The summed E-state index contributed by atoms with van der Waals surface area (Å²) >= 11 is 1.49. The van der Waals surface area contributed by atoms with Gasteiger partial charge < -0.3 is 9.64 Å². The molecule has 0 saturated carbocycles. The van der Waals surface area contributed by atoms with Gasteiger partial charge in [-0.15, -0.1) is 0 Å². The third kappa shape index (κ3) is 2.98. The number of ether oxygens (including phenoxy) is 1. The summed E-state index contributed by atoms with van der Waals surface area (Å²) in [5, 5.41) is 0. The maximum atomic E-state index is 12.9.